The Kier molecular flexibility index (Phi) is 6.38. The minimum atomic E-state index is -0.442. The lowest BCUT2D eigenvalue weighted by Gasteiger charge is -2.30. The van der Waals surface area contributed by atoms with Crippen LogP contribution in [0.3, 0.4) is 0 Å². The van der Waals surface area contributed by atoms with Gasteiger partial charge >= 0.3 is 6.09 Å². The van der Waals surface area contributed by atoms with E-state index in [1.54, 1.807) is 0 Å². The monoisotopic (exact) mass is 508 g/mol. The average molecular weight is 509 g/mol. The number of nitrogens with zero attached hydrogens (tertiary/aromatic N) is 5. The zero-order valence-corrected chi connectivity index (χ0v) is 21.1. The van der Waals surface area contributed by atoms with Crippen molar-refractivity contribution in [3.05, 3.63) is 66.5 Å². The van der Waals surface area contributed by atoms with E-state index in [0.29, 0.717) is 34.8 Å². The lowest BCUT2D eigenvalue weighted by Crippen LogP contribution is -2.21. The number of benzene rings is 2. The molecule has 9 heteroatoms. The van der Waals surface area contributed by atoms with Gasteiger partial charge in [-0.1, -0.05) is 12.1 Å². The molecule has 2 saturated carbocycles. The van der Waals surface area contributed by atoms with Crippen LogP contribution in [-0.2, 0) is 11.3 Å². The molecule has 4 aromatic rings. The van der Waals surface area contributed by atoms with Gasteiger partial charge < -0.3 is 14.0 Å². The highest BCUT2D eigenvalue weighted by Crippen LogP contribution is 2.43. The third-order valence-electron chi connectivity index (χ3n) is 7.43. The highest BCUT2D eigenvalue weighted by molar-refractivity contribution is 5.96. The quantitative estimate of drug-likeness (QED) is 0.310. The molecule has 0 saturated heterocycles. The Morgan fingerprint density at radius 2 is 1.89 bits per heavy atom. The Labute approximate surface area is 220 Å². The van der Waals surface area contributed by atoms with Crippen LogP contribution in [0, 0.1) is 17.2 Å². The van der Waals surface area contributed by atoms with Crippen LogP contribution >= 0.6 is 0 Å². The maximum atomic E-state index is 12.3. The molecule has 1 amide bonds. The van der Waals surface area contributed by atoms with Crippen LogP contribution in [0.5, 0.6) is 5.75 Å². The molecule has 0 spiro atoms. The summed E-state index contributed by atoms with van der Waals surface area (Å²) in [6, 6.07) is 16.2. The standard InChI is InChI=1S/C29H28N6O3/c1-18(19-5-6-19)38-29(36)34-21-9-7-20(8-10-21)28-25(14-30)24-12-11-23(37-15-27-32-16-31-17-33-27)13-26(24)35(28)22-3-2-4-22/h7-13,16-19,22H,2-6,15H2,1H3,(H,34,36). The SMILES string of the molecule is CC(OC(=O)Nc1ccc(-c2c(C#N)c3ccc(OCc4ncncn4)cc3n2C2CCC2)cc1)C1CC1. The molecule has 1 atom stereocenters. The van der Waals surface area contributed by atoms with Crippen LogP contribution in [0.4, 0.5) is 10.5 Å². The van der Waals surface area contributed by atoms with Gasteiger partial charge in [0.25, 0.3) is 0 Å². The fourth-order valence-electron chi connectivity index (χ4n) is 4.98. The summed E-state index contributed by atoms with van der Waals surface area (Å²) in [7, 11) is 0. The van der Waals surface area contributed by atoms with Gasteiger partial charge in [-0.15, -0.1) is 0 Å². The summed E-state index contributed by atoms with van der Waals surface area (Å²) in [6.45, 7) is 2.17. The van der Waals surface area contributed by atoms with E-state index in [4.69, 9.17) is 9.47 Å². The van der Waals surface area contributed by atoms with Crippen molar-refractivity contribution in [2.75, 3.05) is 5.32 Å². The molecule has 2 aromatic carbocycles. The Morgan fingerprint density at radius 1 is 1.13 bits per heavy atom. The van der Waals surface area contributed by atoms with Gasteiger partial charge in [-0.2, -0.15) is 5.26 Å². The van der Waals surface area contributed by atoms with Gasteiger partial charge in [0.15, 0.2) is 5.82 Å². The summed E-state index contributed by atoms with van der Waals surface area (Å²) in [5, 5.41) is 13.9. The highest BCUT2D eigenvalue weighted by Gasteiger charge is 2.31. The molecule has 2 aliphatic rings. The molecule has 0 radical (unpaired) electrons. The summed E-state index contributed by atoms with van der Waals surface area (Å²) in [5.74, 6) is 1.72. The van der Waals surface area contributed by atoms with Crippen LogP contribution in [0.25, 0.3) is 22.2 Å². The topological polar surface area (TPSA) is 115 Å². The van der Waals surface area contributed by atoms with E-state index in [-0.39, 0.29) is 12.7 Å². The third kappa shape index (κ3) is 4.77. The molecular formula is C29H28N6O3. The van der Waals surface area contributed by atoms with Crippen LogP contribution in [-0.4, -0.2) is 31.7 Å². The molecule has 1 unspecified atom stereocenters. The number of rotatable bonds is 8. The van der Waals surface area contributed by atoms with E-state index in [1.165, 1.54) is 12.7 Å². The first-order valence-corrected chi connectivity index (χ1v) is 13.0. The molecule has 2 aliphatic carbocycles. The molecule has 6 rings (SSSR count). The first-order chi connectivity index (χ1) is 18.6. The van der Waals surface area contributed by atoms with Crippen molar-refractivity contribution in [3.8, 4) is 23.1 Å². The minimum Gasteiger partial charge on any atom is -0.486 e. The number of nitrogens with one attached hydrogen (secondary N) is 1. The fourth-order valence-corrected chi connectivity index (χ4v) is 4.98. The molecule has 38 heavy (non-hydrogen) atoms. The van der Waals surface area contributed by atoms with Crippen molar-refractivity contribution in [1.29, 1.82) is 5.26 Å². The number of ether oxygens (including phenoxy) is 2. The van der Waals surface area contributed by atoms with Gasteiger partial charge in [-0.05, 0) is 74.8 Å². The zero-order chi connectivity index (χ0) is 26.1. The van der Waals surface area contributed by atoms with Crippen LogP contribution in [0.1, 0.15) is 56.5 Å². The van der Waals surface area contributed by atoms with Gasteiger partial charge in [0.2, 0.25) is 0 Å². The highest BCUT2D eigenvalue weighted by atomic mass is 16.6. The van der Waals surface area contributed by atoms with E-state index in [2.05, 4.69) is 30.9 Å². The van der Waals surface area contributed by atoms with Gasteiger partial charge in [0.1, 0.15) is 37.2 Å². The van der Waals surface area contributed by atoms with E-state index in [1.807, 2.05) is 49.4 Å². The predicted octanol–water partition coefficient (Wildman–Crippen LogP) is 6.02. The van der Waals surface area contributed by atoms with Gasteiger partial charge in [-0.3, -0.25) is 5.32 Å². The van der Waals surface area contributed by atoms with Crippen LogP contribution < -0.4 is 10.1 Å². The van der Waals surface area contributed by atoms with E-state index >= 15 is 0 Å². The first-order valence-electron chi connectivity index (χ1n) is 13.0. The number of carbonyl (C=O) groups excluding carboxylic acids is 1. The summed E-state index contributed by atoms with van der Waals surface area (Å²) in [4.78, 5) is 24.4. The normalized spacial score (nSPS) is 15.9. The maximum Gasteiger partial charge on any atom is 0.411 e. The molecule has 0 aliphatic heterocycles. The second-order valence-corrected chi connectivity index (χ2v) is 9.96. The van der Waals surface area contributed by atoms with Gasteiger partial charge in [0.05, 0.1) is 16.8 Å². The lowest BCUT2D eigenvalue weighted by atomic mass is 9.92. The van der Waals surface area contributed by atoms with Crippen LogP contribution in [0.2, 0.25) is 0 Å². The number of aromatic nitrogens is 4. The molecule has 2 aromatic heterocycles. The maximum absolute atomic E-state index is 12.3. The van der Waals surface area contributed by atoms with Crippen molar-refractivity contribution in [2.45, 2.75) is 57.8 Å². The molecule has 0 bridgehead atoms. The Balaban J connectivity index is 1.30. The predicted molar refractivity (Wildman–Crippen MR) is 141 cm³/mol. The van der Waals surface area contributed by atoms with Crippen LogP contribution in [0.15, 0.2) is 55.1 Å². The molecule has 2 heterocycles. The number of carbonyl (C=O) groups is 1. The molecule has 1 N–H and O–H groups in total. The number of nitriles is 1. The average Bonchev–Trinajstić information content (AvgIpc) is 3.71. The van der Waals surface area contributed by atoms with E-state index in [9.17, 15) is 10.1 Å². The number of fused-ring (bicyclic) bond motifs is 1. The third-order valence-corrected chi connectivity index (χ3v) is 7.43. The minimum absolute atomic E-state index is 0.0725. The fraction of sp³-hybridized carbons (Fsp3) is 0.345. The Bertz CT molecular complexity index is 1500. The van der Waals surface area contributed by atoms with Crippen molar-refractivity contribution >= 4 is 22.7 Å². The van der Waals surface area contributed by atoms with Crippen molar-refractivity contribution in [1.82, 2.24) is 19.5 Å². The molecule has 9 nitrogen and oxygen atoms in total. The number of hydrogen-bond donors (Lipinski definition) is 1. The van der Waals surface area contributed by atoms with Crippen molar-refractivity contribution < 1.29 is 14.3 Å². The summed E-state index contributed by atoms with van der Waals surface area (Å²) < 4.78 is 13.7. The number of amides is 1. The van der Waals surface area contributed by atoms with Crippen molar-refractivity contribution in [2.24, 2.45) is 5.92 Å². The molecule has 2 fully saturated rings. The zero-order valence-electron chi connectivity index (χ0n) is 21.1. The summed E-state index contributed by atoms with van der Waals surface area (Å²) in [6.07, 6.45) is 7.88. The van der Waals surface area contributed by atoms with Gasteiger partial charge in [0, 0.05) is 23.2 Å². The first kappa shape index (κ1) is 23.9. The summed E-state index contributed by atoms with van der Waals surface area (Å²) in [5.41, 5.74) is 4.06. The summed E-state index contributed by atoms with van der Waals surface area (Å²) >= 11 is 0. The second-order valence-electron chi connectivity index (χ2n) is 9.96. The van der Waals surface area contributed by atoms with E-state index in [0.717, 1.165) is 54.3 Å². The largest absolute Gasteiger partial charge is 0.486 e. The lowest BCUT2D eigenvalue weighted by molar-refractivity contribution is 0.108. The molecule has 192 valence electrons. The number of hydrogen-bond acceptors (Lipinski definition) is 7. The van der Waals surface area contributed by atoms with Gasteiger partial charge in [-0.25, -0.2) is 19.7 Å². The smallest absolute Gasteiger partial charge is 0.411 e. The Morgan fingerprint density at radius 3 is 2.55 bits per heavy atom. The number of anilines is 1. The van der Waals surface area contributed by atoms with E-state index < -0.39 is 6.09 Å². The second kappa shape index (κ2) is 10.1. The van der Waals surface area contributed by atoms with Crippen molar-refractivity contribution in [3.63, 3.8) is 0 Å². The Hall–Kier alpha value is -4.45. The molecular weight excluding hydrogens is 480 g/mol.